The molecule has 0 bridgehead atoms. The van der Waals surface area contributed by atoms with Crippen molar-refractivity contribution in [1.82, 2.24) is 0 Å². The maximum Gasteiger partial charge on any atom is 0.119 e. The fourth-order valence-corrected chi connectivity index (χ4v) is 2.50. The Morgan fingerprint density at radius 3 is 2.73 bits per heavy atom. The molecule has 82 valence electrons. The van der Waals surface area contributed by atoms with Gasteiger partial charge in [-0.15, -0.1) is 11.6 Å². The summed E-state index contributed by atoms with van der Waals surface area (Å²) >= 11 is 9.56. The molecule has 0 spiro atoms. The normalized spacial score (nSPS) is 17.5. The second-order valence-corrected chi connectivity index (χ2v) is 5.39. The fraction of sp³-hybridized carbons (Fsp3) is 0.500. The van der Waals surface area contributed by atoms with Gasteiger partial charge in [-0.3, -0.25) is 0 Å². The van der Waals surface area contributed by atoms with Crippen LogP contribution in [0, 0.1) is 5.41 Å². The summed E-state index contributed by atoms with van der Waals surface area (Å²) in [6, 6.07) is 6.10. The minimum Gasteiger partial charge on any atom is -0.497 e. The molecule has 1 nitrogen and oxygen atoms in total. The van der Waals surface area contributed by atoms with Crippen molar-refractivity contribution >= 4 is 27.5 Å². The van der Waals surface area contributed by atoms with Crippen LogP contribution in [0.1, 0.15) is 18.4 Å². The van der Waals surface area contributed by atoms with Gasteiger partial charge in [-0.1, -0.05) is 15.9 Å². The van der Waals surface area contributed by atoms with Crippen LogP contribution in [0.15, 0.2) is 22.7 Å². The Labute approximate surface area is 104 Å². The zero-order chi connectivity index (χ0) is 10.9. The van der Waals surface area contributed by atoms with Gasteiger partial charge in [-0.25, -0.2) is 0 Å². The molecule has 0 aromatic heterocycles. The standard InChI is InChI=1S/C12H14BrClO/c1-15-10-2-3-11(13)9(6-10)7-12(8-14)4-5-12/h2-3,6H,4-5,7-8H2,1H3. The number of rotatable bonds is 4. The number of methoxy groups -OCH3 is 1. The predicted molar refractivity (Wildman–Crippen MR) is 66.8 cm³/mol. The van der Waals surface area contributed by atoms with E-state index in [1.54, 1.807) is 7.11 Å². The summed E-state index contributed by atoms with van der Waals surface area (Å²) in [6.45, 7) is 0. The largest absolute Gasteiger partial charge is 0.497 e. The molecule has 2 rings (SSSR count). The van der Waals surface area contributed by atoms with Gasteiger partial charge in [0.15, 0.2) is 0 Å². The number of hydrogen-bond donors (Lipinski definition) is 0. The van der Waals surface area contributed by atoms with Crippen molar-refractivity contribution < 1.29 is 4.74 Å². The minimum absolute atomic E-state index is 0.358. The quantitative estimate of drug-likeness (QED) is 0.761. The number of benzene rings is 1. The topological polar surface area (TPSA) is 9.23 Å². The molecule has 1 saturated carbocycles. The Morgan fingerprint density at radius 2 is 2.20 bits per heavy atom. The van der Waals surface area contributed by atoms with Crippen LogP contribution in [0.4, 0.5) is 0 Å². The minimum atomic E-state index is 0.358. The number of hydrogen-bond acceptors (Lipinski definition) is 1. The van der Waals surface area contributed by atoms with Gasteiger partial charge in [0.2, 0.25) is 0 Å². The molecule has 0 N–H and O–H groups in total. The highest BCUT2D eigenvalue weighted by molar-refractivity contribution is 9.10. The molecule has 1 aliphatic carbocycles. The third-order valence-corrected chi connectivity index (χ3v) is 4.40. The van der Waals surface area contributed by atoms with E-state index in [1.165, 1.54) is 18.4 Å². The molecule has 0 heterocycles. The maximum absolute atomic E-state index is 5.99. The summed E-state index contributed by atoms with van der Waals surface area (Å²) in [6.07, 6.45) is 3.55. The predicted octanol–water partition coefficient (Wildman–Crippen LogP) is 4.02. The summed E-state index contributed by atoms with van der Waals surface area (Å²) < 4.78 is 6.38. The van der Waals surface area contributed by atoms with Crippen LogP contribution in [0.2, 0.25) is 0 Å². The Morgan fingerprint density at radius 1 is 1.47 bits per heavy atom. The van der Waals surface area contributed by atoms with Crippen LogP contribution < -0.4 is 4.74 Å². The first-order valence-corrected chi connectivity index (χ1v) is 6.40. The number of halogens is 2. The van der Waals surface area contributed by atoms with E-state index in [0.717, 1.165) is 22.5 Å². The van der Waals surface area contributed by atoms with Crippen molar-refractivity contribution in [3.63, 3.8) is 0 Å². The molecule has 1 aliphatic rings. The molecule has 1 fully saturated rings. The van der Waals surface area contributed by atoms with Crippen molar-refractivity contribution in [3.05, 3.63) is 28.2 Å². The van der Waals surface area contributed by atoms with Gasteiger partial charge >= 0.3 is 0 Å². The molecule has 15 heavy (non-hydrogen) atoms. The van der Waals surface area contributed by atoms with Gasteiger partial charge in [0.25, 0.3) is 0 Å². The van der Waals surface area contributed by atoms with Crippen molar-refractivity contribution in [2.24, 2.45) is 5.41 Å². The van der Waals surface area contributed by atoms with Crippen LogP contribution in [0.3, 0.4) is 0 Å². The Bertz CT molecular complexity index is 361. The van der Waals surface area contributed by atoms with Gasteiger partial charge in [-0.2, -0.15) is 0 Å². The first-order chi connectivity index (χ1) is 7.19. The average molecular weight is 290 g/mol. The maximum atomic E-state index is 5.99. The molecular formula is C12H14BrClO. The van der Waals surface area contributed by atoms with Gasteiger partial charge in [0, 0.05) is 10.4 Å². The van der Waals surface area contributed by atoms with Crippen molar-refractivity contribution in [3.8, 4) is 5.75 Å². The first kappa shape index (κ1) is 11.3. The van der Waals surface area contributed by atoms with Gasteiger partial charge in [-0.05, 0) is 48.4 Å². The highest BCUT2D eigenvalue weighted by Gasteiger charge is 2.41. The van der Waals surface area contributed by atoms with E-state index in [1.807, 2.05) is 12.1 Å². The third kappa shape index (κ3) is 2.48. The summed E-state index contributed by atoms with van der Waals surface area (Å²) in [7, 11) is 1.70. The summed E-state index contributed by atoms with van der Waals surface area (Å²) in [5.41, 5.74) is 1.66. The van der Waals surface area contributed by atoms with Crippen molar-refractivity contribution in [1.29, 1.82) is 0 Å². The Kier molecular flexibility index (Phi) is 3.27. The lowest BCUT2D eigenvalue weighted by Crippen LogP contribution is -2.07. The van der Waals surface area contributed by atoms with Gasteiger partial charge < -0.3 is 4.74 Å². The second kappa shape index (κ2) is 4.34. The molecule has 0 radical (unpaired) electrons. The van der Waals surface area contributed by atoms with E-state index in [0.29, 0.717) is 5.41 Å². The zero-order valence-electron chi connectivity index (χ0n) is 8.72. The van der Waals surface area contributed by atoms with Crippen molar-refractivity contribution in [2.45, 2.75) is 19.3 Å². The Hall–Kier alpha value is -0.210. The molecular weight excluding hydrogens is 275 g/mol. The smallest absolute Gasteiger partial charge is 0.119 e. The summed E-state index contributed by atoms with van der Waals surface area (Å²) in [5, 5.41) is 0. The van der Waals surface area contributed by atoms with E-state index in [9.17, 15) is 0 Å². The summed E-state index contributed by atoms with van der Waals surface area (Å²) in [5.74, 6) is 1.68. The second-order valence-electron chi connectivity index (χ2n) is 4.27. The van der Waals surface area contributed by atoms with Crippen LogP contribution in [0.25, 0.3) is 0 Å². The van der Waals surface area contributed by atoms with Crippen molar-refractivity contribution in [2.75, 3.05) is 13.0 Å². The van der Waals surface area contributed by atoms with E-state index in [2.05, 4.69) is 22.0 Å². The van der Waals surface area contributed by atoms with Gasteiger partial charge in [0.05, 0.1) is 7.11 Å². The lowest BCUT2D eigenvalue weighted by molar-refractivity contribution is 0.413. The molecule has 0 unspecified atom stereocenters. The molecule has 1 aromatic carbocycles. The fourth-order valence-electron chi connectivity index (χ4n) is 1.75. The first-order valence-electron chi connectivity index (χ1n) is 5.07. The summed E-state index contributed by atoms with van der Waals surface area (Å²) in [4.78, 5) is 0. The van der Waals surface area contributed by atoms with E-state index in [-0.39, 0.29) is 0 Å². The Balaban J connectivity index is 2.19. The lowest BCUT2D eigenvalue weighted by atomic mass is 9.98. The van der Waals surface area contributed by atoms with Crippen LogP contribution in [0.5, 0.6) is 5.75 Å². The highest BCUT2D eigenvalue weighted by Crippen LogP contribution is 2.50. The molecule has 3 heteroatoms. The zero-order valence-corrected chi connectivity index (χ0v) is 11.1. The third-order valence-electron chi connectivity index (χ3n) is 3.06. The lowest BCUT2D eigenvalue weighted by Gasteiger charge is -2.13. The molecule has 0 aliphatic heterocycles. The number of alkyl halides is 1. The molecule has 0 saturated heterocycles. The van der Waals surface area contributed by atoms with Crippen LogP contribution >= 0.6 is 27.5 Å². The van der Waals surface area contributed by atoms with Gasteiger partial charge in [0.1, 0.15) is 5.75 Å². The SMILES string of the molecule is COc1ccc(Br)c(CC2(CCl)CC2)c1. The molecule has 1 aromatic rings. The monoisotopic (exact) mass is 288 g/mol. The van der Waals surface area contributed by atoms with E-state index >= 15 is 0 Å². The van der Waals surface area contributed by atoms with E-state index in [4.69, 9.17) is 16.3 Å². The van der Waals surface area contributed by atoms with Crippen LogP contribution in [-0.2, 0) is 6.42 Å². The molecule has 0 amide bonds. The number of ether oxygens (including phenoxy) is 1. The van der Waals surface area contributed by atoms with E-state index < -0.39 is 0 Å². The highest BCUT2D eigenvalue weighted by atomic mass is 79.9. The molecule has 0 atom stereocenters. The average Bonchev–Trinajstić information content (AvgIpc) is 3.02. The van der Waals surface area contributed by atoms with Crippen LogP contribution in [-0.4, -0.2) is 13.0 Å².